The number of nitrogens with zero attached hydrogens (tertiary/aromatic N) is 3. The van der Waals surface area contributed by atoms with Gasteiger partial charge in [-0.05, 0) is 18.2 Å². The molecule has 0 N–H and O–H groups in total. The van der Waals surface area contributed by atoms with E-state index in [-0.39, 0.29) is 0 Å². The van der Waals surface area contributed by atoms with Crippen LogP contribution in [0.1, 0.15) is 12.8 Å². The van der Waals surface area contributed by atoms with Crippen molar-refractivity contribution < 1.29 is 0 Å². The normalized spacial score (nSPS) is 9.19. The zero-order chi connectivity index (χ0) is 11.8. The van der Waals surface area contributed by atoms with Crippen molar-refractivity contribution in [2.75, 3.05) is 18.0 Å². The molecule has 0 aliphatic heterocycles. The second-order valence-electron chi connectivity index (χ2n) is 3.28. The lowest BCUT2D eigenvalue weighted by Gasteiger charge is -2.22. The summed E-state index contributed by atoms with van der Waals surface area (Å²) in [5, 5.41) is 17.8. The average Bonchev–Trinajstić information content (AvgIpc) is 2.29. The van der Waals surface area contributed by atoms with Gasteiger partial charge in [-0.3, -0.25) is 0 Å². The van der Waals surface area contributed by atoms with E-state index in [4.69, 9.17) is 22.1 Å². The molecule has 0 aliphatic rings. The van der Waals surface area contributed by atoms with Gasteiger partial charge in [0.15, 0.2) is 0 Å². The van der Waals surface area contributed by atoms with Gasteiger partial charge in [-0.15, -0.1) is 0 Å². The van der Waals surface area contributed by atoms with Crippen molar-refractivity contribution in [2.45, 2.75) is 12.8 Å². The third-order valence-electron chi connectivity index (χ3n) is 2.16. The Morgan fingerprint density at radius 1 is 1.12 bits per heavy atom. The van der Waals surface area contributed by atoms with Crippen molar-refractivity contribution in [1.29, 1.82) is 10.5 Å². The van der Waals surface area contributed by atoms with Gasteiger partial charge in [-0.25, -0.2) is 0 Å². The summed E-state index contributed by atoms with van der Waals surface area (Å²) in [7, 11) is 0. The van der Waals surface area contributed by atoms with E-state index < -0.39 is 0 Å². The monoisotopic (exact) mass is 233 g/mol. The second kappa shape index (κ2) is 6.71. The van der Waals surface area contributed by atoms with E-state index in [2.05, 4.69) is 12.1 Å². The van der Waals surface area contributed by atoms with Gasteiger partial charge in [0.05, 0.1) is 25.0 Å². The molecule has 0 saturated carbocycles. The molecule has 1 aromatic carbocycles. The summed E-state index contributed by atoms with van der Waals surface area (Å²) in [5.41, 5.74) is 0.956. The molecule has 0 saturated heterocycles. The Kier molecular flexibility index (Phi) is 5.19. The summed E-state index contributed by atoms with van der Waals surface area (Å²) in [4.78, 5) is 2.00. The molecule has 0 aliphatic carbocycles. The quantitative estimate of drug-likeness (QED) is 0.786. The molecule has 0 bridgehead atoms. The number of nitriles is 2. The van der Waals surface area contributed by atoms with E-state index in [1.807, 2.05) is 23.1 Å². The maximum absolute atomic E-state index is 8.57. The van der Waals surface area contributed by atoms with E-state index in [1.54, 1.807) is 6.07 Å². The molecule has 0 heterocycles. The molecule has 1 rings (SSSR count). The van der Waals surface area contributed by atoms with Crippen LogP contribution in [0.5, 0.6) is 0 Å². The lowest BCUT2D eigenvalue weighted by Crippen LogP contribution is -2.25. The highest BCUT2D eigenvalue weighted by molar-refractivity contribution is 6.30. The second-order valence-corrected chi connectivity index (χ2v) is 3.72. The Bertz CT molecular complexity index is 399. The summed E-state index contributed by atoms with van der Waals surface area (Å²) in [6.07, 6.45) is 0.885. The van der Waals surface area contributed by atoms with Gasteiger partial charge in [0.25, 0.3) is 0 Å². The summed E-state index contributed by atoms with van der Waals surface area (Å²) < 4.78 is 0. The van der Waals surface area contributed by atoms with Gasteiger partial charge in [-0.2, -0.15) is 10.5 Å². The third-order valence-corrected chi connectivity index (χ3v) is 2.40. The van der Waals surface area contributed by atoms with Crippen LogP contribution in [0.25, 0.3) is 0 Å². The van der Waals surface area contributed by atoms with E-state index in [0.717, 1.165) is 5.69 Å². The van der Waals surface area contributed by atoms with Gasteiger partial charge in [-0.1, -0.05) is 17.7 Å². The lowest BCUT2D eigenvalue weighted by molar-refractivity contribution is 0.796. The zero-order valence-electron chi connectivity index (χ0n) is 8.86. The Morgan fingerprint density at radius 3 is 2.25 bits per heavy atom. The largest absolute Gasteiger partial charge is 0.369 e. The molecule has 0 amide bonds. The maximum atomic E-state index is 8.57. The van der Waals surface area contributed by atoms with Gasteiger partial charge in [0, 0.05) is 23.8 Å². The molecule has 0 fully saturated rings. The molecule has 82 valence electrons. The molecule has 3 nitrogen and oxygen atoms in total. The third kappa shape index (κ3) is 3.81. The molecular weight excluding hydrogens is 222 g/mol. The van der Waals surface area contributed by atoms with Crippen LogP contribution >= 0.6 is 11.6 Å². The first-order valence-electron chi connectivity index (χ1n) is 5.02. The van der Waals surface area contributed by atoms with Crippen molar-refractivity contribution in [3.63, 3.8) is 0 Å². The number of rotatable bonds is 5. The van der Waals surface area contributed by atoms with Crippen molar-refractivity contribution in [1.82, 2.24) is 0 Å². The van der Waals surface area contributed by atoms with Crippen molar-refractivity contribution in [3.8, 4) is 12.1 Å². The highest BCUT2D eigenvalue weighted by atomic mass is 35.5. The molecule has 0 unspecified atom stereocenters. The van der Waals surface area contributed by atoms with Crippen LogP contribution in [0.2, 0.25) is 5.02 Å². The van der Waals surface area contributed by atoms with Crippen LogP contribution in [0.4, 0.5) is 5.69 Å². The van der Waals surface area contributed by atoms with Crippen molar-refractivity contribution in [3.05, 3.63) is 29.3 Å². The van der Waals surface area contributed by atoms with Gasteiger partial charge < -0.3 is 4.90 Å². The van der Waals surface area contributed by atoms with Gasteiger partial charge in [0.2, 0.25) is 0 Å². The predicted molar refractivity (Wildman–Crippen MR) is 64.1 cm³/mol. The SMILES string of the molecule is N#CCCN(CCC#N)c1cccc(Cl)c1. The Balaban J connectivity index is 2.75. The fourth-order valence-electron chi connectivity index (χ4n) is 1.41. The summed E-state index contributed by atoms with van der Waals surface area (Å²) in [5.74, 6) is 0. The van der Waals surface area contributed by atoms with Crippen LogP contribution in [0.15, 0.2) is 24.3 Å². The van der Waals surface area contributed by atoms with E-state index in [1.165, 1.54) is 0 Å². The van der Waals surface area contributed by atoms with E-state index in [9.17, 15) is 0 Å². The standard InChI is InChI=1S/C12H12ClN3/c13-11-4-1-5-12(10-11)16(8-2-6-14)9-3-7-15/h1,4-5,10H,2-3,8-9H2. The number of hydrogen-bond acceptors (Lipinski definition) is 3. The summed E-state index contributed by atoms with van der Waals surface area (Å²) >= 11 is 5.90. The Labute approximate surface area is 100 Å². The van der Waals surface area contributed by atoms with Crippen LogP contribution in [0.3, 0.4) is 0 Å². The number of hydrogen-bond donors (Lipinski definition) is 0. The van der Waals surface area contributed by atoms with Crippen molar-refractivity contribution >= 4 is 17.3 Å². The minimum Gasteiger partial charge on any atom is -0.369 e. The first kappa shape index (κ1) is 12.4. The lowest BCUT2D eigenvalue weighted by atomic mass is 10.2. The molecular formula is C12H12ClN3. The number of benzene rings is 1. The highest BCUT2D eigenvalue weighted by Crippen LogP contribution is 2.19. The van der Waals surface area contributed by atoms with E-state index >= 15 is 0 Å². The Hall–Kier alpha value is -1.71. The van der Waals surface area contributed by atoms with Crippen LogP contribution in [0, 0.1) is 22.7 Å². The topological polar surface area (TPSA) is 50.8 Å². The average molecular weight is 234 g/mol. The highest BCUT2D eigenvalue weighted by Gasteiger charge is 2.05. The maximum Gasteiger partial charge on any atom is 0.0640 e. The van der Waals surface area contributed by atoms with Crippen LogP contribution in [-0.4, -0.2) is 13.1 Å². The smallest absolute Gasteiger partial charge is 0.0640 e. The minimum atomic E-state index is 0.442. The number of halogens is 1. The predicted octanol–water partition coefficient (Wildman–Crippen LogP) is 2.97. The Morgan fingerprint density at radius 2 is 1.75 bits per heavy atom. The fraction of sp³-hybridized carbons (Fsp3) is 0.333. The minimum absolute atomic E-state index is 0.442. The van der Waals surface area contributed by atoms with E-state index in [0.29, 0.717) is 31.0 Å². The van der Waals surface area contributed by atoms with Gasteiger partial charge in [0.1, 0.15) is 0 Å². The molecule has 0 atom stereocenters. The molecule has 4 heteroatoms. The van der Waals surface area contributed by atoms with Crippen LogP contribution < -0.4 is 4.90 Å². The first-order valence-corrected chi connectivity index (χ1v) is 5.40. The summed E-state index contributed by atoms with van der Waals surface area (Å²) in [6, 6.07) is 11.6. The fourth-order valence-corrected chi connectivity index (χ4v) is 1.60. The molecule has 0 radical (unpaired) electrons. The van der Waals surface area contributed by atoms with Crippen molar-refractivity contribution in [2.24, 2.45) is 0 Å². The molecule has 0 aromatic heterocycles. The molecule has 0 spiro atoms. The number of anilines is 1. The summed E-state index contributed by atoms with van der Waals surface area (Å²) in [6.45, 7) is 1.25. The zero-order valence-corrected chi connectivity index (χ0v) is 9.61. The molecule has 16 heavy (non-hydrogen) atoms. The molecule has 1 aromatic rings. The van der Waals surface area contributed by atoms with Gasteiger partial charge >= 0.3 is 0 Å². The van der Waals surface area contributed by atoms with Crippen LogP contribution in [-0.2, 0) is 0 Å². The first-order chi connectivity index (χ1) is 7.77.